The number of ether oxygens (including phenoxy) is 1. The number of aromatic nitrogens is 3. The van der Waals surface area contributed by atoms with E-state index in [9.17, 15) is 0 Å². The second kappa shape index (κ2) is 7.92. The summed E-state index contributed by atoms with van der Waals surface area (Å²) in [6.45, 7) is 7.20. The van der Waals surface area contributed by atoms with Crippen LogP contribution in [-0.4, -0.2) is 38.9 Å². The lowest BCUT2D eigenvalue weighted by atomic mass is 10.1. The van der Waals surface area contributed by atoms with E-state index < -0.39 is 0 Å². The molecule has 27 heavy (non-hydrogen) atoms. The Morgan fingerprint density at radius 2 is 1.93 bits per heavy atom. The van der Waals surface area contributed by atoms with Gasteiger partial charge in [-0.25, -0.2) is 4.68 Å². The Labute approximate surface area is 160 Å². The fraction of sp³-hybridized carbons (Fsp3) is 0.364. The van der Waals surface area contributed by atoms with Crippen LogP contribution in [0, 0.1) is 13.8 Å². The van der Waals surface area contributed by atoms with E-state index in [2.05, 4.69) is 52.2 Å². The molecule has 0 amide bonds. The van der Waals surface area contributed by atoms with E-state index in [1.165, 1.54) is 5.56 Å². The largest absolute Gasteiger partial charge is 0.489 e. The number of likely N-dealkylation sites (tertiary alicyclic amines) is 1. The molecule has 1 aromatic carbocycles. The van der Waals surface area contributed by atoms with Crippen molar-refractivity contribution in [2.45, 2.75) is 39.3 Å². The zero-order chi connectivity index (χ0) is 18.6. The highest BCUT2D eigenvalue weighted by atomic mass is 16.5. The SMILES string of the molecule is Cc1cc(C)n(-c2cccc(CN3CCC(Oc4cccnc4)CC3)c2)n1. The minimum absolute atomic E-state index is 0.284. The van der Waals surface area contributed by atoms with Gasteiger partial charge in [0.1, 0.15) is 11.9 Å². The average molecular weight is 362 g/mol. The third kappa shape index (κ3) is 4.37. The Morgan fingerprint density at radius 3 is 2.63 bits per heavy atom. The predicted octanol–water partition coefficient (Wildman–Crippen LogP) is 3.93. The molecule has 5 heteroatoms. The van der Waals surface area contributed by atoms with Gasteiger partial charge in [-0.05, 0) is 62.6 Å². The van der Waals surface area contributed by atoms with Gasteiger partial charge in [0.05, 0.1) is 17.6 Å². The summed E-state index contributed by atoms with van der Waals surface area (Å²) in [5.74, 6) is 0.869. The Kier molecular flexibility index (Phi) is 5.21. The summed E-state index contributed by atoms with van der Waals surface area (Å²) in [6, 6.07) is 14.7. The summed E-state index contributed by atoms with van der Waals surface area (Å²) in [4.78, 5) is 6.62. The van der Waals surface area contributed by atoms with Gasteiger partial charge in [-0.2, -0.15) is 5.10 Å². The minimum atomic E-state index is 0.284. The lowest BCUT2D eigenvalue weighted by Gasteiger charge is -2.32. The summed E-state index contributed by atoms with van der Waals surface area (Å²) in [7, 11) is 0. The molecule has 0 atom stereocenters. The monoisotopic (exact) mass is 362 g/mol. The molecule has 0 aliphatic carbocycles. The van der Waals surface area contributed by atoms with Crippen molar-refractivity contribution in [3.63, 3.8) is 0 Å². The Hall–Kier alpha value is -2.66. The molecule has 1 aliphatic rings. The molecule has 5 nitrogen and oxygen atoms in total. The van der Waals surface area contributed by atoms with Crippen LogP contribution in [0.1, 0.15) is 29.8 Å². The average Bonchev–Trinajstić information content (AvgIpc) is 3.03. The van der Waals surface area contributed by atoms with Crippen LogP contribution in [0.25, 0.3) is 5.69 Å². The Balaban J connectivity index is 1.35. The Bertz CT molecular complexity index is 882. The van der Waals surface area contributed by atoms with Crippen LogP contribution < -0.4 is 4.74 Å². The van der Waals surface area contributed by atoms with Gasteiger partial charge in [0.15, 0.2) is 0 Å². The summed E-state index contributed by atoms with van der Waals surface area (Å²) in [6.07, 6.45) is 5.94. The molecular weight excluding hydrogens is 336 g/mol. The van der Waals surface area contributed by atoms with E-state index in [1.54, 1.807) is 12.4 Å². The maximum Gasteiger partial charge on any atom is 0.137 e. The predicted molar refractivity (Wildman–Crippen MR) is 106 cm³/mol. The van der Waals surface area contributed by atoms with Crippen LogP contribution in [0.3, 0.4) is 0 Å². The van der Waals surface area contributed by atoms with Crippen molar-refractivity contribution >= 4 is 0 Å². The standard InChI is InChI=1S/C22H26N4O/c1-17-13-18(2)26(24-17)20-6-3-5-19(14-20)16-25-11-8-21(9-12-25)27-22-7-4-10-23-15-22/h3-7,10,13-15,21H,8-9,11-12,16H2,1-2H3. The molecule has 0 bridgehead atoms. The van der Waals surface area contributed by atoms with Gasteiger partial charge in [0.2, 0.25) is 0 Å². The van der Waals surface area contributed by atoms with Gasteiger partial charge in [-0.3, -0.25) is 9.88 Å². The molecule has 3 aromatic rings. The first-order chi connectivity index (χ1) is 13.2. The zero-order valence-corrected chi connectivity index (χ0v) is 16.0. The molecule has 0 radical (unpaired) electrons. The second-order valence-corrected chi connectivity index (χ2v) is 7.29. The molecule has 3 heterocycles. The summed E-state index contributed by atoms with van der Waals surface area (Å²) < 4.78 is 8.07. The minimum Gasteiger partial charge on any atom is -0.489 e. The van der Waals surface area contributed by atoms with Crippen molar-refractivity contribution in [1.29, 1.82) is 0 Å². The number of piperidine rings is 1. The fourth-order valence-corrected chi connectivity index (χ4v) is 3.73. The van der Waals surface area contributed by atoms with Crippen LogP contribution >= 0.6 is 0 Å². The van der Waals surface area contributed by atoms with E-state index in [1.807, 2.05) is 23.7 Å². The third-order valence-electron chi connectivity index (χ3n) is 5.04. The van der Waals surface area contributed by atoms with Crippen LogP contribution in [0.15, 0.2) is 54.9 Å². The van der Waals surface area contributed by atoms with Gasteiger partial charge in [0.25, 0.3) is 0 Å². The van der Waals surface area contributed by atoms with Gasteiger partial charge < -0.3 is 4.74 Å². The first-order valence-corrected chi connectivity index (χ1v) is 9.59. The van der Waals surface area contributed by atoms with Crippen LogP contribution in [0.5, 0.6) is 5.75 Å². The Morgan fingerprint density at radius 1 is 1.07 bits per heavy atom. The van der Waals surface area contributed by atoms with E-state index in [0.29, 0.717) is 0 Å². The van der Waals surface area contributed by atoms with Crippen LogP contribution in [0.2, 0.25) is 0 Å². The molecule has 0 unspecified atom stereocenters. The van der Waals surface area contributed by atoms with Crippen LogP contribution in [0.4, 0.5) is 0 Å². The molecule has 140 valence electrons. The van der Waals surface area contributed by atoms with Crippen molar-refractivity contribution < 1.29 is 4.74 Å². The number of hydrogen-bond donors (Lipinski definition) is 0. The molecule has 1 aliphatic heterocycles. The van der Waals surface area contributed by atoms with E-state index >= 15 is 0 Å². The number of nitrogens with zero attached hydrogens (tertiary/aromatic N) is 4. The summed E-state index contributed by atoms with van der Waals surface area (Å²) in [5, 5.41) is 4.60. The lowest BCUT2D eigenvalue weighted by Crippen LogP contribution is -2.37. The molecule has 1 fully saturated rings. The number of rotatable bonds is 5. The third-order valence-corrected chi connectivity index (χ3v) is 5.04. The van der Waals surface area contributed by atoms with Gasteiger partial charge in [-0.1, -0.05) is 12.1 Å². The number of aryl methyl sites for hydroxylation is 2. The molecule has 4 rings (SSSR count). The first-order valence-electron chi connectivity index (χ1n) is 9.59. The highest BCUT2D eigenvalue weighted by Crippen LogP contribution is 2.20. The first kappa shape index (κ1) is 17.7. The van der Waals surface area contributed by atoms with Crippen molar-refractivity contribution in [2.24, 2.45) is 0 Å². The normalized spacial score (nSPS) is 15.8. The molecular formula is C22H26N4O. The quantitative estimate of drug-likeness (QED) is 0.690. The van der Waals surface area contributed by atoms with Crippen LogP contribution in [-0.2, 0) is 6.54 Å². The number of hydrogen-bond acceptors (Lipinski definition) is 4. The maximum absolute atomic E-state index is 6.05. The zero-order valence-electron chi connectivity index (χ0n) is 16.0. The summed E-state index contributed by atoms with van der Waals surface area (Å²) >= 11 is 0. The van der Waals surface area contributed by atoms with E-state index in [-0.39, 0.29) is 6.10 Å². The molecule has 1 saturated heterocycles. The van der Waals surface area contributed by atoms with Crippen molar-refractivity contribution in [3.8, 4) is 11.4 Å². The molecule has 0 saturated carbocycles. The number of benzene rings is 1. The topological polar surface area (TPSA) is 43.2 Å². The lowest BCUT2D eigenvalue weighted by molar-refractivity contribution is 0.0965. The van der Waals surface area contributed by atoms with Crippen molar-refractivity contribution in [2.75, 3.05) is 13.1 Å². The maximum atomic E-state index is 6.05. The summed E-state index contributed by atoms with van der Waals surface area (Å²) in [5.41, 5.74) is 4.67. The van der Waals surface area contributed by atoms with Crippen molar-refractivity contribution in [3.05, 3.63) is 71.8 Å². The van der Waals surface area contributed by atoms with E-state index in [4.69, 9.17) is 4.74 Å². The molecule has 2 aromatic heterocycles. The molecule has 0 spiro atoms. The highest BCUT2D eigenvalue weighted by Gasteiger charge is 2.20. The van der Waals surface area contributed by atoms with Gasteiger partial charge in [-0.15, -0.1) is 0 Å². The van der Waals surface area contributed by atoms with Gasteiger partial charge in [0, 0.05) is 31.5 Å². The smallest absolute Gasteiger partial charge is 0.137 e. The fourth-order valence-electron chi connectivity index (χ4n) is 3.73. The second-order valence-electron chi connectivity index (χ2n) is 7.29. The molecule has 0 N–H and O–H groups in total. The van der Waals surface area contributed by atoms with E-state index in [0.717, 1.165) is 55.3 Å². The highest BCUT2D eigenvalue weighted by molar-refractivity contribution is 5.37. The van der Waals surface area contributed by atoms with Crippen molar-refractivity contribution in [1.82, 2.24) is 19.7 Å². The number of pyridine rings is 1. The van der Waals surface area contributed by atoms with Gasteiger partial charge >= 0.3 is 0 Å².